The van der Waals surface area contributed by atoms with Crippen LogP contribution in [0.3, 0.4) is 0 Å². The van der Waals surface area contributed by atoms with Gasteiger partial charge < -0.3 is 10.1 Å². The number of ether oxygens (including phenoxy) is 1. The normalized spacial score (nSPS) is 10.4. The lowest BCUT2D eigenvalue weighted by molar-refractivity contribution is -0.118. The van der Waals surface area contributed by atoms with E-state index in [0.717, 1.165) is 20.6 Å². The smallest absolute Gasteiger partial charge is 0.262 e. The maximum absolute atomic E-state index is 12.2. The highest BCUT2D eigenvalue weighted by Gasteiger charge is 2.10. The fourth-order valence-electron chi connectivity index (χ4n) is 2.16. The van der Waals surface area contributed by atoms with Crippen LogP contribution >= 0.6 is 38.9 Å². The fourth-order valence-corrected chi connectivity index (χ4v) is 3.65. The molecule has 1 N–H and O–H groups in total. The van der Waals surface area contributed by atoms with Crippen molar-refractivity contribution in [2.75, 3.05) is 11.9 Å². The van der Waals surface area contributed by atoms with Gasteiger partial charge in [-0.3, -0.25) is 4.79 Å². The number of hydrogen-bond donors (Lipinski definition) is 1. The van der Waals surface area contributed by atoms with Crippen LogP contribution < -0.4 is 10.1 Å². The molecule has 1 heterocycles. The Bertz CT molecular complexity index is 852. The van der Waals surface area contributed by atoms with Gasteiger partial charge in [-0.1, -0.05) is 51.8 Å². The molecule has 0 radical (unpaired) electrons. The summed E-state index contributed by atoms with van der Waals surface area (Å²) in [6.45, 7) is -0.111. The number of carbonyl (C=O) groups is 1. The van der Waals surface area contributed by atoms with E-state index in [4.69, 9.17) is 16.3 Å². The molecule has 24 heavy (non-hydrogen) atoms. The highest BCUT2D eigenvalue weighted by Crippen LogP contribution is 2.31. The first-order valence-electron chi connectivity index (χ1n) is 7.14. The Balaban J connectivity index is 1.67. The van der Waals surface area contributed by atoms with Gasteiger partial charge in [0.2, 0.25) is 0 Å². The highest BCUT2D eigenvalue weighted by molar-refractivity contribution is 9.10. The zero-order valence-electron chi connectivity index (χ0n) is 12.5. The molecule has 0 aliphatic rings. The predicted molar refractivity (Wildman–Crippen MR) is 103 cm³/mol. The number of halogens is 2. The summed E-state index contributed by atoms with van der Waals surface area (Å²) in [7, 11) is 0. The fraction of sp³-hybridized carbons (Fsp3) is 0.0556. The first kappa shape index (κ1) is 17.0. The molecule has 6 heteroatoms. The third kappa shape index (κ3) is 4.17. The van der Waals surface area contributed by atoms with E-state index in [1.807, 2.05) is 47.8 Å². The van der Waals surface area contributed by atoms with Crippen LogP contribution in [0, 0.1) is 0 Å². The second kappa shape index (κ2) is 7.83. The monoisotopic (exact) mass is 421 g/mol. The molecule has 0 aliphatic carbocycles. The molecule has 0 bridgehead atoms. The number of carbonyl (C=O) groups excluding carboxylic acids is 1. The van der Waals surface area contributed by atoms with Crippen LogP contribution in [-0.4, -0.2) is 12.5 Å². The Morgan fingerprint density at radius 3 is 2.75 bits per heavy atom. The average Bonchev–Trinajstić information content (AvgIpc) is 3.09. The third-order valence-corrected chi connectivity index (χ3v) is 4.93. The van der Waals surface area contributed by atoms with Crippen molar-refractivity contribution in [1.29, 1.82) is 0 Å². The van der Waals surface area contributed by atoms with E-state index in [-0.39, 0.29) is 12.5 Å². The van der Waals surface area contributed by atoms with Crippen LogP contribution in [0.4, 0.5) is 5.69 Å². The van der Waals surface area contributed by atoms with Crippen LogP contribution in [0.15, 0.2) is 64.5 Å². The number of anilines is 1. The van der Waals surface area contributed by atoms with Gasteiger partial charge in [0, 0.05) is 20.6 Å². The zero-order chi connectivity index (χ0) is 16.9. The Labute approximate surface area is 157 Å². The number of rotatable bonds is 5. The van der Waals surface area contributed by atoms with Gasteiger partial charge in [-0.15, -0.1) is 11.3 Å². The van der Waals surface area contributed by atoms with Gasteiger partial charge in [0.1, 0.15) is 5.75 Å². The summed E-state index contributed by atoms with van der Waals surface area (Å²) >= 11 is 11.0. The van der Waals surface area contributed by atoms with E-state index in [1.54, 1.807) is 23.5 Å². The molecule has 0 atom stereocenters. The number of nitrogens with one attached hydrogen (secondary N) is 1. The van der Waals surface area contributed by atoms with E-state index in [0.29, 0.717) is 10.8 Å². The lowest BCUT2D eigenvalue weighted by atomic mass is 10.1. The molecular formula is C18H13BrClNO2S. The largest absolute Gasteiger partial charge is 0.482 e. The van der Waals surface area contributed by atoms with E-state index < -0.39 is 0 Å². The van der Waals surface area contributed by atoms with Crippen molar-refractivity contribution >= 4 is 50.5 Å². The molecule has 0 spiro atoms. The summed E-state index contributed by atoms with van der Waals surface area (Å²) in [5.74, 6) is 0.236. The van der Waals surface area contributed by atoms with Crippen molar-refractivity contribution in [2.24, 2.45) is 0 Å². The van der Waals surface area contributed by atoms with Gasteiger partial charge in [-0.2, -0.15) is 0 Å². The molecule has 122 valence electrons. The minimum atomic E-state index is -0.238. The minimum absolute atomic E-state index is 0.111. The number of amides is 1. The molecule has 3 rings (SSSR count). The van der Waals surface area contributed by atoms with Gasteiger partial charge >= 0.3 is 0 Å². The van der Waals surface area contributed by atoms with Crippen LogP contribution in [0.25, 0.3) is 10.4 Å². The maximum atomic E-state index is 12.2. The summed E-state index contributed by atoms with van der Waals surface area (Å²) in [6, 6.07) is 17.0. The number of hydrogen-bond acceptors (Lipinski definition) is 3. The van der Waals surface area contributed by atoms with Gasteiger partial charge in [0.15, 0.2) is 6.61 Å². The lowest BCUT2D eigenvalue weighted by Gasteiger charge is -2.11. The summed E-state index contributed by atoms with van der Waals surface area (Å²) in [5.41, 5.74) is 1.75. The molecule has 2 aromatic carbocycles. The number of para-hydroxylation sites is 1. The maximum Gasteiger partial charge on any atom is 0.262 e. The van der Waals surface area contributed by atoms with Crippen molar-refractivity contribution in [3.05, 3.63) is 69.5 Å². The number of benzene rings is 2. The van der Waals surface area contributed by atoms with Crippen molar-refractivity contribution in [1.82, 2.24) is 0 Å². The molecule has 0 unspecified atom stereocenters. The topological polar surface area (TPSA) is 38.3 Å². The van der Waals surface area contributed by atoms with Crippen molar-refractivity contribution in [3.8, 4) is 16.2 Å². The van der Waals surface area contributed by atoms with Gasteiger partial charge in [0.05, 0.1) is 5.02 Å². The predicted octanol–water partition coefficient (Wildman–Crippen LogP) is 5.85. The van der Waals surface area contributed by atoms with Crippen LogP contribution in [0.2, 0.25) is 5.02 Å². The summed E-state index contributed by atoms with van der Waals surface area (Å²) in [5, 5.41) is 5.35. The van der Waals surface area contributed by atoms with Gasteiger partial charge in [-0.25, -0.2) is 0 Å². The van der Waals surface area contributed by atoms with Crippen molar-refractivity contribution < 1.29 is 9.53 Å². The Morgan fingerprint density at radius 2 is 2.00 bits per heavy atom. The van der Waals surface area contributed by atoms with E-state index >= 15 is 0 Å². The standard InChI is InChI=1S/C18H13BrClNO2S/c19-12-7-8-16(14(20)10-12)23-11-18(22)21-15-5-2-1-4-13(15)17-6-3-9-24-17/h1-10H,11H2,(H,21,22). The molecule has 1 amide bonds. The molecule has 0 aliphatic heterocycles. The summed E-state index contributed by atoms with van der Waals surface area (Å²) in [4.78, 5) is 13.3. The van der Waals surface area contributed by atoms with Gasteiger partial charge in [0.25, 0.3) is 5.91 Å². The van der Waals surface area contributed by atoms with Crippen molar-refractivity contribution in [3.63, 3.8) is 0 Å². The molecule has 3 aromatic rings. The zero-order valence-corrected chi connectivity index (χ0v) is 15.6. The summed E-state index contributed by atoms with van der Waals surface area (Å²) < 4.78 is 6.35. The summed E-state index contributed by atoms with van der Waals surface area (Å²) in [6.07, 6.45) is 0. The van der Waals surface area contributed by atoms with E-state index in [1.165, 1.54) is 0 Å². The molecule has 0 saturated carbocycles. The average molecular weight is 423 g/mol. The van der Waals surface area contributed by atoms with Crippen molar-refractivity contribution in [2.45, 2.75) is 0 Å². The molecule has 1 aromatic heterocycles. The quantitative estimate of drug-likeness (QED) is 0.560. The Morgan fingerprint density at radius 1 is 1.17 bits per heavy atom. The molecule has 0 fully saturated rings. The second-order valence-electron chi connectivity index (χ2n) is 4.93. The molecule has 0 saturated heterocycles. The SMILES string of the molecule is O=C(COc1ccc(Br)cc1Cl)Nc1ccccc1-c1cccs1. The Hall–Kier alpha value is -1.82. The first-order valence-corrected chi connectivity index (χ1v) is 9.19. The van der Waals surface area contributed by atoms with Crippen LogP contribution in [0.1, 0.15) is 0 Å². The molecular weight excluding hydrogens is 410 g/mol. The van der Waals surface area contributed by atoms with E-state index in [9.17, 15) is 4.79 Å². The Kier molecular flexibility index (Phi) is 5.56. The van der Waals surface area contributed by atoms with Crippen LogP contribution in [-0.2, 0) is 4.79 Å². The van der Waals surface area contributed by atoms with Crippen LogP contribution in [0.5, 0.6) is 5.75 Å². The lowest BCUT2D eigenvalue weighted by Crippen LogP contribution is -2.20. The minimum Gasteiger partial charge on any atom is -0.482 e. The third-order valence-electron chi connectivity index (χ3n) is 3.24. The highest BCUT2D eigenvalue weighted by atomic mass is 79.9. The molecule has 3 nitrogen and oxygen atoms in total. The van der Waals surface area contributed by atoms with E-state index in [2.05, 4.69) is 21.2 Å². The first-order chi connectivity index (χ1) is 11.6. The van der Waals surface area contributed by atoms with Gasteiger partial charge in [-0.05, 0) is 35.7 Å². The number of thiophene rings is 1. The second-order valence-corrected chi connectivity index (χ2v) is 7.21.